The molecule has 0 atom stereocenters. The van der Waals surface area contributed by atoms with Gasteiger partial charge in [0.05, 0.1) is 6.07 Å². The molecule has 0 aliphatic heterocycles. The van der Waals surface area contributed by atoms with E-state index in [0.717, 1.165) is 0 Å². The van der Waals surface area contributed by atoms with Gasteiger partial charge in [-0.05, 0) is 12.8 Å². The van der Waals surface area contributed by atoms with Crippen LogP contribution in [-0.2, 0) is 11.8 Å². The summed E-state index contributed by atoms with van der Waals surface area (Å²) in [7, 11) is 1.79. The van der Waals surface area contributed by atoms with E-state index < -0.39 is 5.41 Å². The second kappa shape index (κ2) is 2.84. The van der Waals surface area contributed by atoms with E-state index in [-0.39, 0.29) is 5.91 Å². The Balaban J connectivity index is 2.10. The first kappa shape index (κ1) is 8.75. The normalized spacial score (nSPS) is 17.1. The first-order valence-electron chi connectivity index (χ1n) is 4.38. The van der Waals surface area contributed by atoms with E-state index in [1.54, 1.807) is 24.0 Å². The van der Waals surface area contributed by atoms with Gasteiger partial charge < -0.3 is 4.57 Å². The van der Waals surface area contributed by atoms with E-state index in [4.69, 9.17) is 5.26 Å². The lowest BCUT2D eigenvalue weighted by molar-refractivity contribution is -0.119. The average molecular weight is 190 g/mol. The van der Waals surface area contributed by atoms with Gasteiger partial charge in [0.15, 0.2) is 0 Å². The molecule has 14 heavy (non-hydrogen) atoms. The lowest BCUT2D eigenvalue weighted by Gasteiger charge is -2.06. The van der Waals surface area contributed by atoms with Crippen molar-refractivity contribution in [3.63, 3.8) is 0 Å². The van der Waals surface area contributed by atoms with Gasteiger partial charge >= 0.3 is 0 Å². The second-order valence-corrected chi connectivity index (χ2v) is 3.51. The Bertz CT molecular complexity index is 411. The Morgan fingerprint density at radius 2 is 2.50 bits per heavy atom. The molecular formula is C9H10N4O. The minimum absolute atomic E-state index is 0.241. The number of hydrogen-bond acceptors (Lipinski definition) is 3. The molecule has 1 aromatic heterocycles. The highest BCUT2D eigenvalue weighted by Crippen LogP contribution is 2.45. The fourth-order valence-corrected chi connectivity index (χ4v) is 1.22. The number of aromatic nitrogens is 2. The van der Waals surface area contributed by atoms with Gasteiger partial charge in [-0.1, -0.05) is 0 Å². The summed E-state index contributed by atoms with van der Waals surface area (Å²) < 4.78 is 1.70. The van der Waals surface area contributed by atoms with E-state index in [1.807, 2.05) is 6.07 Å². The average Bonchev–Trinajstić information content (AvgIpc) is 2.89. The second-order valence-electron chi connectivity index (χ2n) is 3.51. The third-order valence-electron chi connectivity index (χ3n) is 2.45. The standard InChI is InChI=1S/C9H10N4O/c1-13-5-4-11-8(13)12-7(14)9(6-10)2-3-9/h4-5H,2-3H2,1H3,(H,11,12,14). The van der Waals surface area contributed by atoms with Crippen LogP contribution in [0.4, 0.5) is 5.95 Å². The highest BCUT2D eigenvalue weighted by molar-refractivity contribution is 5.98. The maximum absolute atomic E-state index is 11.6. The number of nitriles is 1. The third-order valence-corrected chi connectivity index (χ3v) is 2.45. The number of anilines is 1. The number of amides is 1. The molecule has 0 radical (unpaired) electrons. The van der Waals surface area contributed by atoms with Crippen LogP contribution < -0.4 is 5.32 Å². The fourth-order valence-electron chi connectivity index (χ4n) is 1.22. The Kier molecular flexibility index (Phi) is 1.78. The molecule has 5 heteroatoms. The molecule has 1 heterocycles. The molecule has 0 bridgehead atoms. The molecule has 0 spiro atoms. The van der Waals surface area contributed by atoms with Gasteiger partial charge in [-0.15, -0.1) is 0 Å². The van der Waals surface area contributed by atoms with E-state index in [9.17, 15) is 4.79 Å². The minimum Gasteiger partial charge on any atom is -0.320 e. The van der Waals surface area contributed by atoms with Crippen molar-refractivity contribution in [1.29, 1.82) is 5.26 Å². The number of nitrogens with zero attached hydrogens (tertiary/aromatic N) is 3. The molecule has 0 saturated heterocycles. The van der Waals surface area contributed by atoms with E-state index in [1.165, 1.54) is 0 Å². The number of imidazole rings is 1. The zero-order valence-corrected chi connectivity index (χ0v) is 7.82. The zero-order chi connectivity index (χ0) is 10.2. The van der Waals surface area contributed by atoms with Crippen molar-refractivity contribution < 1.29 is 4.79 Å². The molecule has 1 aliphatic carbocycles. The van der Waals surface area contributed by atoms with E-state index in [2.05, 4.69) is 10.3 Å². The van der Waals surface area contributed by atoms with Crippen LogP contribution >= 0.6 is 0 Å². The van der Waals surface area contributed by atoms with E-state index >= 15 is 0 Å². The number of nitrogens with one attached hydrogen (secondary N) is 1. The van der Waals surface area contributed by atoms with E-state index in [0.29, 0.717) is 18.8 Å². The first-order valence-corrected chi connectivity index (χ1v) is 4.38. The molecule has 5 nitrogen and oxygen atoms in total. The Labute approximate surface area is 81.4 Å². The van der Waals surface area contributed by atoms with Gasteiger partial charge in [0.25, 0.3) is 0 Å². The zero-order valence-electron chi connectivity index (χ0n) is 7.82. The van der Waals surface area contributed by atoms with Crippen LogP contribution in [0.2, 0.25) is 0 Å². The summed E-state index contributed by atoms with van der Waals surface area (Å²) in [6, 6.07) is 2.04. The lowest BCUT2D eigenvalue weighted by atomic mass is 10.1. The van der Waals surface area contributed by atoms with Gasteiger partial charge in [0.2, 0.25) is 11.9 Å². The predicted octanol–water partition coefficient (Wildman–Crippen LogP) is 0.662. The molecule has 2 rings (SSSR count). The lowest BCUT2D eigenvalue weighted by Crippen LogP contribution is -2.24. The van der Waals surface area contributed by atoms with Crippen LogP contribution in [0.5, 0.6) is 0 Å². The number of rotatable bonds is 2. The summed E-state index contributed by atoms with van der Waals surface area (Å²) >= 11 is 0. The Morgan fingerprint density at radius 3 is 2.93 bits per heavy atom. The van der Waals surface area contributed by atoms with Crippen LogP contribution in [0.15, 0.2) is 12.4 Å². The predicted molar refractivity (Wildman–Crippen MR) is 49.1 cm³/mol. The van der Waals surface area contributed by atoms with Crippen LogP contribution in [0.3, 0.4) is 0 Å². The summed E-state index contributed by atoms with van der Waals surface area (Å²) in [5, 5.41) is 11.4. The van der Waals surface area contributed by atoms with Crippen molar-refractivity contribution in [2.24, 2.45) is 12.5 Å². The van der Waals surface area contributed by atoms with Gasteiger partial charge in [0, 0.05) is 19.4 Å². The van der Waals surface area contributed by atoms with Gasteiger partial charge in [-0.3, -0.25) is 10.1 Å². The molecule has 72 valence electrons. The molecule has 1 saturated carbocycles. The van der Waals surface area contributed by atoms with Crippen molar-refractivity contribution in [2.45, 2.75) is 12.8 Å². The van der Waals surface area contributed by atoms with Gasteiger partial charge in [-0.25, -0.2) is 4.98 Å². The number of carbonyl (C=O) groups excluding carboxylic acids is 1. The van der Waals surface area contributed by atoms with Crippen molar-refractivity contribution in [2.75, 3.05) is 5.32 Å². The summed E-state index contributed by atoms with van der Waals surface area (Å²) in [6.07, 6.45) is 4.64. The van der Waals surface area contributed by atoms with Crippen LogP contribution in [0.25, 0.3) is 0 Å². The fraction of sp³-hybridized carbons (Fsp3) is 0.444. The molecular weight excluding hydrogens is 180 g/mol. The third kappa shape index (κ3) is 1.25. The molecule has 0 aromatic carbocycles. The SMILES string of the molecule is Cn1ccnc1NC(=O)C1(C#N)CC1. The largest absolute Gasteiger partial charge is 0.320 e. The molecule has 0 unspecified atom stereocenters. The highest BCUT2D eigenvalue weighted by Gasteiger charge is 2.50. The Hall–Kier alpha value is -1.83. The van der Waals surface area contributed by atoms with Crippen LogP contribution in [0.1, 0.15) is 12.8 Å². The summed E-state index contributed by atoms with van der Waals surface area (Å²) in [5.74, 6) is 0.242. The molecule has 1 amide bonds. The maximum Gasteiger partial charge on any atom is 0.247 e. The van der Waals surface area contributed by atoms with Crippen LogP contribution in [0, 0.1) is 16.7 Å². The molecule has 1 aliphatic rings. The molecule has 1 fully saturated rings. The van der Waals surface area contributed by atoms with Crippen molar-refractivity contribution >= 4 is 11.9 Å². The van der Waals surface area contributed by atoms with Gasteiger partial charge in [-0.2, -0.15) is 5.26 Å². The van der Waals surface area contributed by atoms with Crippen LogP contribution in [-0.4, -0.2) is 15.5 Å². The number of aryl methyl sites for hydroxylation is 1. The number of hydrogen-bond donors (Lipinski definition) is 1. The topological polar surface area (TPSA) is 70.7 Å². The highest BCUT2D eigenvalue weighted by atomic mass is 16.2. The molecule has 1 N–H and O–H groups in total. The van der Waals surface area contributed by atoms with Crippen molar-refractivity contribution in [1.82, 2.24) is 9.55 Å². The Morgan fingerprint density at radius 1 is 1.79 bits per heavy atom. The van der Waals surface area contributed by atoms with Gasteiger partial charge in [0.1, 0.15) is 5.41 Å². The van der Waals surface area contributed by atoms with Crippen molar-refractivity contribution in [3.05, 3.63) is 12.4 Å². The first-order chi connectivity index (χ1) is 6.68. The minimum atomic E-state index is -0.786. The monoisotopic (exact) mass is 190 g/mol. The summed E-state index contributed by atoms with van der Waals surface area (Å²) in [5.41, 5.74) is -0.786. The summed E-state index contributed by atoms with van der Waals surface area (Å²) in [6.45, 7) is 0. The smallest absolute Gasteiger partial charge is 0.247 e. The molecule has 1 aromatic rings. The van der Waals surface area contributed by atoms with Crippen molar-refractivity contribution in [3.8, 4) is 6.07 Å². The maximum atomic E-state index is 11.6. The quantitative estimate of drug-likeness (QED) is 0.744. The summed E-state index contributed by atoms with van der Waals surface area (Å²) in [4.78, 5) is 15.5. The number of carbonyl (C=O) groups is 1.